The maximum atomic E-state index is 12.1. The molecule has 0 aliphatic heterocycles. The van der Waals surface area contributed by atoms with Gasteiger partial charge in [-0.05, 0) is 18.1 Å². The van der Waals surface area contributed by atoms with Gasteiger partial charge in [-0.2, -0.15) is 0 Å². The van der Waals surface area contributed by atoms with E-state index in [1.807, 2.05) is 67.6 Å². The van der Waals surface area contributed by atoms with Crippen molar-refractivity contribution in [3.05, 3.63) is 82.4 Å². The van der Waals surface area contributed by atoms with Gasteiger partial charge in [-0.25, -0.2) is 4.79 Å². The van der Waals surface area contributed by atoms with E-state index in [0.29, 0.717) is 6.54 Å². The molecule has 0 aliphatic rings. The van der Waals surface area contributed by atoms with Crippen LogP contribution in [0.2, 0.25) is 0 Å². The van der Waals surface area contributed by atoms with Gasteiger partial charge in [0.15, 0.2) is 0 Å². The van der Waals surface area contributed by atoms with Crippen LogP contribution in [0, 0.1) is 6.92 Å². The third-order valence-corrected chi connectivity index (χ3v) is 3.49. The van der Waals surface area contributed by atoms with Crippen molar-refractivity contribution in [2.45, 2.75) is 13.5 Å². The summed E-state index contributed by atoms with van der Waals surface area (Å²) in [6.07, 6.45) is 0. The Labute approximate surface area is 117 Å². The van der Waals surface area contributed by atoms with Crippen LogP contribution in [0.25, 0.3) is 11.3 Å². The molecule has 0 saturated heterocycles. The molecule has 2 aromatic carbocycles. The molecule has 0 spiro atoms. The van der Waals surface area contributed by atoms with Crippen LogP contribution < -0.4 is 5.69 Å². The van der Waals surface area contributed by atoms with Crippen molar-refractivity contribution in [1.29, 1.82) is 0 Å². The highest BCUT2D eigenvalue weighted by molar-refractivity contribution is 5.61. The zero-order chi connectivity index (χ0) is 13.9. The van der Waals surface area contributed by atoms with Gasteiger partial charge in [-0.15, -0.1) is 0 Å². The number of rotatable bonds is 3. The first-order chi connectivity index (χ1) is 9.75. The van der Waals surface area contributed by atoms with Crippen LogP contribution in [-0.2, 0) is 6.54 Å². The largest absolute Gasteiger partial charge is 0.326 e. The lowest BCUT2D eigenvalue weighted by molar-refractivity contribution is 0.738. The van der Waals surface area contributed by atoms with E-state index in [1.54, 1.807) is 4.57 Å². The summed E-state index contributed by atoms with van der Waals surface area (Å²) in [5.74, 6) is 0. The molecule has 0 saturated carbocycles. The molecule has 1 heterocycles. The zero-order valence-electron chi connectivity index (χ0n) is 11.3. The number of aromatic nitrogens is 2. The first-order valence-electron chi connectivity index (χ1n) is 6.64. The third-order valence-electron chi connectivity index (χ3n) is 3.49. The summed E-state index contributed by atoms with van der Waals surface area (Å²) in [6.45, 7) is 2.57. The Morgan fingerprint density at radius 2 is 1.55 bits per heavy atom. The summed E-state index contributed by atoms with van der Waals surface area (Å²) in [6, 6.07) is 19.9. The molecule has 0 atom stereocenters. The maximum Gasteiger partial charge on any atom is 0.326 e. The lowest BCUT2D eigenvalue weighted by Gasteiger charge is -2.05. The number of H-pyrrole nitrogens is 1. The van der Waals surface area contributed by atoms with E-state index >= 15 is 0 Å². The minimum absolute atomic E-state index is 0.0646. The fraction of sp³-hybridized carbons (Fsp3) is 0.118. The molecule has 0 unspecified atom stereocenters. The molecule has 0 amide bonds. The Hall–Kier alpha value is -2.55. The second-order valence-electron chi connectivity index (χ2n) is 4.83. The molecule has 3 heteroatoms. The minimum Gasteiger partial charge on any atom is -0.305 e. The second-order valence-corrected chi connectivity index (χ2v) is 4.83. The molecule has 0 radical (unpaired) electrons. The van der Waals surface area contributed by atoms with Crippen LogP contribution in [0.3, 0.4) is 0 Å². The van der Waals surface area contributed by atoms with Gasteiger partial charge >= 0.3 is 5.69 Å². The van der Waals surface area contributed by atoms with Crippen LogP contribution in [0.1, 0.15) is 11.3 Å². The molecule has 0 fully saturated rings. The van der Waals surface area contributed by atoms with Gasteiger partial charge in [-0.3, -0.25) is 4.57 Å². The fourth-order valence-electron chi connectivity index (χ4n) is 2.39. The summed E-state index contributed by atoms with van der Waals surface area (Å²) >= 11 is 0. The van der Waals surface area contributed by atoms with Gasteiger partial charge in [0, 0.05) is 5.69 Å². The zero-order valence-corrected chi connectivity index (χ0v) is 11.3. The molecule has 100 valence electrons. The average Bonchev–Trinajstić information content (AvgIpc) is 2.77. The Bertz CT molecular complexity index is 755. The van der Waals surface area contributed by atoms with Crippen molar-refractivity contribution >= 4 is 0 Å². The Morgan fingerprint density at radius 3 is 2.20 bits per heavy atom. The molecular formula is C17H16N2O. The van der Waals surface area contributed by atoms with Gasteiger partial charge in [0.25, 0.3) is 0 Å². The Kier molecular flexibility index (Phi) is 3.25. The number of imidazole rings is 1. The topological polar surface area (TPSA) is 37.8 Å². The molecule has 0 bridgehead atoms. The smallest absolute Gasteiger partial charge is 0.305 e. The van der Waals surface area contributed by atoms with Gasteiger partial charge in [0.05, 0.1) is 12.2 Å². The van der Waals surface area contributed by atoms with Crippen molar-refractivity contribution in [2.24, 2.45) is 0 Å². The maximum absolute atomic E-state index is 12.1. The second kappa shape index (κ2) is 5.21. The van der Waals surface area contributed by atoms with Crippen molar-refractivity contribution in [3.63, 3.8) is 0 Å². The summed E-state index contributed by atoms with van der Waals surface area (Å²) in [4.78, 5) is 15.1. The van der Waals surface area contributed by atoms with Crippen LogP contribution in [0.4, 0.5) is 0 Å². The number of aromatic amines is 1. The van der Waals surface area contributed by atoms with Gasteiger partial charge in [-0.1, -0.05) is 60.7 Å². The highest BCUT2D eigenvalue weighted by Crippen LogP contribution is 2.19. The van der Waals surface area contributed by atoms with Crippen LogP contribution in [0.15, 0.2) is 65.5 Å². The standard InChI is InChI=1S/C17H16N2O/c1-13-16(15-10-6-3-7-11-15)18-17(20)19(13)12-14-8-4-2-5-9-14/h2-11H,12H2,1H3,(H,18,20). The Morgan fingerprint density at radius 1 is 0.950 bits per heavy atom. The average molecular weight is 264 g/mol. The van der Waals surface area contributed by atoms with E-state index in [9.17, 15) is 4.79 Å². The predicted molar refractivity (Wildman–Crippen MR) is 80.8 cm³/mol. The van der Waals surface area contributed by atoms with Crippen LogP contribution in [-0.4, -0.2) is 9.55 Å². The quantitative estimate of drug-likeness (QED) is 0.775. The van der Waals surface area contributed by atoms with Gasteiger partial charge in [0.2, 0.25) is 0 Å². The van der Waals surface area contributed by atoms with E-state index in [1.165, 1.54) is 0 Å². The van der Waals surface area contributed by atoms with E-state index < -0.39 is 0 Å². The number of hydrogen-bond donors (Lipinski definition) is 1. The lowest BCUT2D eigenvalue weighted by Crippen LogP contribution is -2.18. The number of hydrogen-bond acceptors (Lipinski definition) is 1. The van der Waals surface area contributed by atoms with Crippen molar-refractivity contribution in [1.82, 2.24) is 9.55 Å². The monoisotopic (exact) mass is 264 g/mol. The summed E-state index contributed by atoms with van der Waals surface area (Å²) in [5.41, 5.74) is 3.95. The molecule has 3 aromatic rings. The highest BCUT2D eigenvalue weighted by atomic mass is 16.1. The first-order valence-corrected chi connectivity index (χ1v) is 6.64. The molecule has 1 N–H and O–H groups in total. The van der Waals surface area contributed by atoms with E-state index in [4.69, 9.17) is 0 Å². The fourth-order valence-corrected chi connectivity index (χ4v) is 2.39. The first kappa shape index (κ1) is 12.5. The van der Waals surface area contributed by atoms with E-state index in [2.05, 4.69) is 4.98 Å². The van der Waals surface area contributed by atoms with E-state index in [0.717, 1.165) is 22.5 Å². The highest BCUT2D eigenvalue weighted by Gasteiger charge is 2.11. The van der Waals surface area contributed by atoms with Crippen LogP contribution in [0.5, 0.6) is 0 Å². The SMILES string of the molecule is Cc1c(-c2ccccc2)[nH]c(=O)n1Cc1ccccc1. The number of nitrogens with one attached hydrogen (secondary N) is 1. The van der Waals surface area contributed by atoms with Gasteiger partial charge in [0.1, 0.15) is 0 Å². The van der Waals surface area contributed by atoms with Crippen LogP contribution >= 0.6 is 0 Å². The number of benzene rings is 2. The third kappa shape index (κ3) is 2.30. The summed E-state index contributed by atoms with van der Waals surface area (Å²) in [5, 5.41) is 0. The normalized spacial score (nSPS) is 10.7. The van der Waals surface area contributed by atoms with Crippen molar-refractivity contribution < 1.29 is 0 Å². The summed E-state index contributed by atoms with van der Waals surface area (Å²) in [7, 11) is 0. The molecule has 20 heavy (non-hydrogen) atoms. The predicted octanol–water partition coefficient (Wildman–Crippen LogP) is 3.20. The van der Waals surface area contributed by atoms with Crippen molar-refractivity contribution in [3.8, 4) is 11.3 Å². The molecule has 3 rings (SSSR count). The molecule has 0 aliphatic carbocycles. The molecule has 1 aromatic heterocycles. The summed E-state index contributed by atoms with van der Waals surface area (Å²) < 4.78 is 1.78. The lowest BCUT2D eigenvalue weighted by atomic mass is 10.1. The molecular weight excluding hydrogens is 248 g/mol. The van der Waals surface area contributed by atoms with Crippen molar-refractivity contribution in [2.75, 3.05) is 0 Å². The van der Waals surface area contributed by atoms with E-state index in [-0.39, 0.29) is 5.69 Å². The Balaban J connectivity index is 2.02. The molecule has 3 nitrogen and oxygen atoms in total. The number of nitrogens with zero attached hydrogens (tertiary/aromatic N) is 1. The minimum atomic E-state index is -0.0646. The van der Waals surface area contributed by atoms with Gasteiger partial charge < -0.3 is 4.98 Å².